The second-order valence-electron chi connectivity index (χ2n) is 4.54. The van der Waals surface area contributed by atoms with E-state index in [2.05, 4.69) is 10.4 Å². The van der Waals surface area contributed by atoms with Gasteiger partial charge in [-0.15, -0.1) is 0 Å². The van der Waals surface area contributed by atoms with E-state index in [1.807, 2.05) is 0 Å². The zero-order chi connectivity index (χ0) is 15.8. The SMILES string of the molecule is O=C(NCCCOCCO)c1ccn(-c2ccccc2F)n1. The number of halogens is 1. The van der Waals surface area contributed by atoms with Crippen LogP contribution in [-0.4, -0.2) is 47.2 Å². The Labute approximate surface area is 127 Å². The Hall–Kier alpha value is -2.25. The van der Waals surface area contributed by atoms with Gasteiger partial charge in [0.2, 0.25) is 0 Å². The lowest BCUT2D eigenvalue weighted by Gasteiger charge is -2.04. The van der Waals surface area contributed by atoms with Gasteiger partial charge in [0.15, 0.2) is 5.69 Å². The highest BCUT2D eigenvalue weighted by molar-refractivity contribution is 5.92. The van der Waals surface area contributed by atoms with Gasteiger partial charge in [-0.1, -0.05) is 12.1 Å². The van der Waals surface area contributed by atoms with Crippen LogP contribution in [0.1, 0.15) is 16.9 Å². The molecule has 0 aliphatic carbocycles. The lowest BCUT2D eigenvalue weighted by Crippen LogP contribution is -2.26. The summed E-state index contributed by atoms with van der Waals surface area (Å²) in [5.41, 5.74) is 0.512. The Balaban J connectivity index is 1.86. The number of amides is 1. The Morgan fingerprint density at radius 1 is 1.32 bits per heavy atom. The van der Waals surface area contributed by atoms with Gasteiger partial charge >= 0.3 is 0 Å². The van der Waals surface area contributed by atoms with Crippen molar-refractivity contribution in [2.24, 2.45) is 0 Å². The zero-order valence-corrected chi connectivity index (χ0v) is 12.0. The molecule has 0 saturated heterocycles. The first-order valence-electron chi connectivity index (χ1n) is 7.00. The highest BCUT2D eigenvalue weighted by atomic mass is 19.1. The van der Waals surface area contributed by atoms with Crippen molar-refractivity contribution in [2.45, 2.75) is 6.42 Å². The summed E-state index contributed by atoms with van der Waals surface area (Å²) in [6, 6.07) is 7.75. The molecule has 0 bridgehead atoms. The minimum Gasteiger partial charge on any atom is -0.394 e. The van der Waals surface area contributed by atoms with E-state index in [-0.39, 0.29) is 18.2 Å². The van der Waals surface area contributed by atoms with Gasteiger partial charge < -0.3 is 15.2 Å². The molecule has 0 saturated carbocycles. The Kier molecular flexibility index (Phi) is 6.05. The second-order valence-corrected chi connectivity index (χ2v) is 4.54. The molecule has 0 aliphatic rings. The molecule has 1 aromatic heterocycles. The van der Waals surface area contributed by atoms with Crippen molar-refractivity contribution < 1.29 is 19.0 Å². The molecular weight excluding hydrogens is 289 g/mol. The Bertz CT molecular complexity index is 616. The number of carbonyl (C=O) groups is 1. The number of hydrogen-bond acceptors (Lipinski definition) is 4. The van der Waals surface area contributed by atoms with Crippen molar-refractivity contribution in [1.82, 2.24) is 15.1 Å². The summed E-state index contributed by atoms with van der Waals surface area (Å²) in [4.78, 5) is 11.9. The number of hydrogen-bond donors (Lipinski definition) is 2. The highest BCUT2D eigenvalue weighted by Crippen LogP contribution is 2.12. The number of carbonyl (C=O) groups excluding carboxylic acids is 1. The molecule has 7 heteroatoms. The molecular formula is C15H18FN3O3. The average Bonchev–Trinajstić information content (AvgIpc) is 3.01. The number of nitrogens with one attached hydrogen (secondary N) is 1. The fourth-order valence-corrected chi connectivity index (χ4v) is 1.85. The normalized spacial score (nSPS) is 10.6. The van der Waals surface area contributed by atoms with Gasteiger partial charge in [-0.3, -0.25) is 4.79 Å². The molecule has 0 unspecified atom stereocenters. The summed E-state index contributed by atoms with van der Waals surface area (Å²) in [7, 11) is 0. The lowest BCUT2D eigenvalue weighted by atomic mass is 10.3. The van der Waals surface area contributed by atoms with Crippen molar-refractivity contribution in [3.8, 4) is 5.69 Å². The smallest absolute Gasteiger partial charge is 0.271 e. The van der Waals surface area contributed by atoms with Crippen LogP contribution in [0.4, 0.5) is 4.39 Å². The average molecular weight is 307 g/mol. The summed E-state index contributed by atoms with van der Waals surface area (Å²) in [5.74, 6) is -0.726. The molecule has 1 heterocycles. The van der Waals surface area contributed by atoms with Crippen molar-refractivity contribution in [2.75, 3.05) is 26.4 Å². The fourth-order valence-electron chi connectivity index (χ4n) is 1.85. The largest absolute Gasteiger partial charge is 0.394 e. The number of aliphatic hydroxyl groups is 1. The van der Waals surface area contributed by atoms with Gasteiger partial charge in [-0.05, 0) is 24.6 Å². The number of rotatable bonds is 8. The van der Waals surface area contributed by atoms with Crippen molar-refractivity contribution in [1.29, 1.82) is 0 Å². The third-order valence-electron chi connectivity index (χ3n) is 2.91. The van der Waals surface area contributed by atoms with Crippen LogP contribution in [0.25, 0.3) is 5.69 Å². The van der Waals surface area contributed by atoms with E-state index in [1.165, 1.54) is 23.0 Å². The first-order chi connectivity index (χ1) is 10.7. The fraction of sp³-hybridized carbons (Fsp3) is 0.333. The predicted octanol–water partition coefficient (Wildman–Crippen LogP) is 1.14. The van der Waals surface area contributed by atoms with Gasteiger partial charge in [0.1, 0.15) is 11.5 Å². The summed E-state index contributed by atoms with van der Waals surface area (Å²) in [5, 5.41) is 15.3. The molecule has 1 aromatic carbocycles. The van der Waals surface area contributed by atoms with E-state index in [9.17, 15) is 9.18 Å². The maximum Gasteiger partial charge on any atom is 0.271 e. The van der Waals surface area contributed by atoms with Crippen molar-refractivity contribution in [3.05, 3.63) is 48.0 Å². The number of aromatic nitrogens is 2. The number of benzene rings is 1. The van der Waals surface area contributed by atoms with Crippen molar-refractivity contribution >= 4 is 5.91 Å². The monoisotopic (exact) mass is 307 g/mol. The maximum atomic E-state index is 13.6. The van der Waals surface area contributed by atoms with E-state index in [0.717, 1.165) is 0 Å². The van der Waals surface area contributed by atoms with Crippen LogP contribution >= 0.6 is 0 Å². The van der Waals surface area contributed by atoms with E-state index < -0.39 is 5.82 Å². The highest BCUT2D eigenvalue weighted by Gasteiger charge is 2.11. The van der Waals surface area contributed by atoms with E-state index >= 15 is 0 Å². The zero-order valence-electron chi connectivity index (χ0n) is 12.0. The summed E-state index contributed by atoms with van der Waals surface area (Å²) < 4.78 is 20.1. The Morgan fingerprint density at radius 2 is 2.14 bits per heavy atom. The molecule has 118 valence electrons. The number of aliphatic hydroxyl groups excluding tert-OH is 1. The van der Waals surface area contributed by atoms with Crippen LogP contribution in [0, 0.1) is 5.82 Å². The van der Waals surface area contributed by atoms with E-state index in [1.54, 1.807) is 18.2 Å². The first kappa shape index (κ1) is 16.1. The maximum absolute atomic E-state index is 13.6. The van der Waals surface area contributed by atoms with E-state index in [0.29, 0.717) is 31.9 Å². The standard InChI is InChI=1S/C15H18FN3O3/c16-12-4-1-2-5-14(12)19-8-6-13(18-19)15(21)17-7-3-10-22-11-9-20/h1-2,4-6,8,20H,3,7,9-11H2,(H,17,21). The summed E-state index contributed by atoms with van der Waals surface area (Å²) in [6.45, 7) is 1.18. The minimum atomic E-state index is -0.404. The molecule has 0 atom stereocenters. The van der Waals surface area contributed by atoms with Gasteiger partial charge in [0.05, 0.1) is 13.2 Å². The third kappa shape index (κ3) is 4.37. The molecule has 1 amide bonds. The van der Waals surface area contributed by atoms with Gasteiger partial charge in [-0.2, -0.15) is 5.10 Å². The van der Waals surface area contributed by atoms with Gasteiger partial charge in [-0.25, -0.2) is 9.07 Å². The van der Waals surface area contributed by atoms with Crippen molar-refractivity contribution in [3.63, 3.8) is 0 Å². The van der Waals surface area contributed by atoms with Crippen LogP contribution in [0.2, 0.25) is 0 Å². The number of ether oxygens (including phenoxy) is 1. The number of nitrogens with zero attached hydrogens (tertiary/aromatic N) is 2. The number of para-hydroxylation sites is 1. The quantitative estimate of drug-likeness (QED) is 0.717. The van der Waals surface area contributed by atoms with Gasteiger partial charge in [0.25, 0.3) is 5.91 Å². The predicted molar refractivity (Wildman–Crippen MR) is 78.4 cm³/mol. The molecule has 0 fully saturated rings. The van der Waals surface area contributed by atoms with Crippen LogP contribution in [0.15, 0.2) is 36.5 Å². The molecule has 0 aliphatic heterocycles. The van der Waals surface area contributed by atoms with Crippen LogP contribution < -0.4 is 5.32 Å². The second kappa shape index (κ2) is 8.26. The molecule has 2 aromatic rings. The topological polar surface area (TPSA) is 76.4 Å². The molecule has 0 spiro atoms. The third-order valence-corrected chi connectivity index (χ3v) is 2.91. The Morgan fingerprint density at radius 3 is 2.91 bits per heavy atom. The first-order valence-corrected chi connectivity index (χ1v) is 7.00. The molecule has 22 heavy (non-hydrogen) atoms. The lowest BCUT2D eigenvalue weighted by molar-refractivity contribution is 0.0865. The summed E-state index contributed by atoms with van der Waals surface area (Å²) >= 11 is 0. The van der Waals surface area contributed by atoms with Crippen LogP contribution in [-0.2, 0) is 4.74 Å². The summed E-state index contributed by atoms with van der Waals surface area (Å²) in [6.07, 6.45) is 2.18. The van der Waals surface area contributed by atoms with Gasteiger partial charge in [0, 0.05) is 19.3 Å². The van der Waals surface area contributed by atoms with Crippen LogP contribution in [0.5, 0.6) is 0 Å². The molecule has 2 N–H and O–H groups in total. The minimum absolute atomic E-state index is 0.0140. The van der Waals surface area contributed by atoms with E-state index in [4.69, 9.17) is 9.84 Å². The van der Waals surface area contributed by atoms with Crippen LogP contribution in [0.3, 0.4) is 0 Å². The molecule has 6 nitrogen and oxygen atoms in total. The molecule has 2 rings (SSSR count). The molecule has 0 radical (unpaired) electrons.